The Balaban J connectivity index is 2.85. The molecule has 23 heavy (non-hydrogen) atoms. The van der Waals surface area contributed by atoms with E-state index < -0.39 is 0 Å². The summed E-state index contributed by atoms with van der Waals surface area (Å²) in [5, 5.41) is 2.70. The molecule has 0 radical (unpaired) electrons. The van der Waals surface area contributed by atoms with Gasteiger partial charge in [-0.3, -0.25) is 0 Å². The van der Waals surface area contributed by atoms with Crippen LogP contribution in [0.4, 0.5) is 0 Å². The van der Waals surface area contributed by atoms with Gasteiger partial charge in [0.25, 0.3) is 0 Å². The molecular weight excluding hydrogens is 296 g/mol. The van der Waals surface area contributed by atoms with E-state index in [2.05, 4.69) is 90.9 Å². The molecule has 2 aromatic carbocycles. The molecule has 0 amide bonds. The summed E-state index contributed by atoms with van der Waals surface area (Å²) >= 11 is 1.95. The van der Waals surface area contributed by atoms with Crippen LogP contribution in [0.2, 0.25) is 0 Å². The number of benzene rings is 2. The lowest BCUT2D eigenvalue weighted by molar-refractivity contribution is 0.517. The standard InChI is InChI=1S/C22H30S/c1-8-23-19-14-13-16-11-9-10-12-17(16)20(19)18(22(5,6)7)15-21(2,3)4/h9-15H,8H2,1-7H3/b18-15-. The van der Waals surface area contributed by atoms with Crippen molar-refractivity contribution in [2.45, 2.75) is 53.4 Å². The SMILES string of the molecule is CCSc1ccc2ccccc2c1/C(=C/C(C)(C)C)C(C)(C)C. The van der Waals surface area contributed by atoms with E-state index in [1.807, 2.05) is 11.8 Å². The lowest BCUT2D eigenvalue weighted by Crippen LogP contribution is -2.13. The molecule has 2 aromatic rings. The third kappa shape index (κ3) is 4.41. The zero-order valence-electron chi connectivity index (χ0n) is 15.7. The summed E-state index contributed by atoms with van der Waals surface area (Å²) in [5.74, 6) is 1.10. The highest BCUT2D eigenvalue weighted by Crippen LogP contribution is 2.44. The molecule has 0 saturated heterocycles. The molecule has 0 fully saturated rings. The molecule has 1 heteroatoms. The van der Waals surface area contributed by atoms with Crippen molar-refractivity contribution in [3.05, 3.63) is 48.0 Å². The van der Waals surface area contributed by atoms with Gasteiger partial charge in [-0.1, -0.05) is 84.9 Å². The molecule has 0 aliphatic carbocycles. The first kappa shape index (κ1) is 18.1. The maximum absolute atomic E-state index is 2.47. The molecule has 0 saturated carbocycles. The average molecular weight is 327 g/mol. The summed E-state index contributed by atoms with van der Waals surface area (Å²) in [6.07, 6.45) is 2.47. The second kappa shape index (κ2) is 6.73. The normalized spacial score (nSPS) is 13.6. The van der Waals surface area contributed by atoms with Gasteiger partial charge >= 0.3 is 0 Å². The molecule has 0 N–H and O–H groups in total. The van der Waals surface area contributed by atoms with E-state index in [9.17, 15) is 0 Å². The van der Waals surface area contributed by atoms with Gasteiger partial charge in [0, 0.05) is 4.90 Å². The third-order valence-electron chi connectivity index (χ3n) is 3.85. The molecule has 0 unspecified atom stereocenters. The van der Waals surface area contributed by atoms with Gasteiger partial charge in [-0.2, -0.15) is 0 Å². The van der Waals surface area contributed by atoms with Crippen molar-refractivity contribution < 1.29 is 0 Å². The Morgan fingerprint density at radius 2 is 1.61 bits per heavy atom. The maximum atomic E-state index is 2.47. The first-order valence-electron chi connectivity index (χ1n) is 8.52. The number of hydrogen-bond donors (Lipinski definition) is 0. The van der Waals surface area contributed by atoms with Crippen molar-refractivity contribution in [2.75, 3.05) is 5.75 Å². The van der Waals surface area contributed by atoms with E-state index in [4.69, 9.17) is 0 Å². The number of hydrogen-bond acceptors (Lipinski definition) is 1. The summed E-state index contributed by atoms with van der Waals surface area (Å²) in [6, 6.07) is 13.3. The van der Waals surface area contributed by atoms with Crippen LogP contribution in [0.15, 0.2) is 47.4 Å². The average Bonchev–Trinajstić information content (AvgIpc) is 2.43. The number of allylic oxidation sites excluding steroid dienone is 2. The minimum Gasteiger partial charge on any atom is -0.126 e. The van der Waals surface area contributed by atoms with Crippen LogP contribution >= 0.6 is 11.8 Å². The van der Waals surface area contributed by atoms with E-state index in [1.165, 1.54) is 26.8 Å². The van der Waals surface area contributed by atoms with Crippen LogP contribution in [0.3, 0.4) is 0 Å². The van der Waals surface area contributed by atoms with Gasteiger partial charge in [0.1, 0.15) is 0 Å². The zero-order valence-corrected chi connectivity index (χ0v) is 16.5. The highest BCUT2D eigenvalue weighted by atomic mass is 32.2. The summed E-state index contributed by atoms with van der Waals surface area (Å²) in [4.78, 5) is 1.40. The van der Waals surface area contributed by atoms with E-state index in [0.29, 0.717) is 0 Å². The Bertz CT molecular complexity index is 709. The quantitative estimate of drug-likeness (QED) is 0.528. The van der Waals surface area contributed by atoms with Gasteiger partial charge in [-0.05, 0) is 44.6 Å². The highest BCUT2D eigenvalue weighted by molar-refractivity contribution is 7.99. The Morgan fingerprint density at radius 3 is 2.17 bits per heavy atom. The van der Waals surface area contributed by atoms with Crippen LogP contribution in [0, 0.1) is 10.8 Å². The molecular formula is C22H30S. The summed E-state index contributed by atoms with van der Waals surface area (Å²) in [5.41, 5.74) is 3.16. The van der Waals surface area contributed by atoms with Gasteiger partial charge in [0.05, 0.1) is 0 Å². The van der Waals surface area contributed by atoms with Crippen molar-refractivity contribution in [1.29, 1.82) is 0 Å². The van der Waals surface area contributed by atoms with Gasteiger partial charge in [0.15, 0.2) is 0 Å². The molecule has 2 rings (SSSR count). The summed E-state index contributed by atoms with van der Waals surface area (Å²) in [6.45, 7) is 16.1. The van der Waals surface area contributed by atoms with E-state index in [1.54, 1.807) is 0 Å². The number of thioether (sulfide) groups is 1. The predicted molar refractivity (Wildman–Crippen MR) is 107 cm³/mol. The Labute approximate surface area is 146 Å². The lowest BCUT2D eigenvalue weighted by atomic mass is 9.76. The highest BCUT2D eigenvalue weighted by Gasteiger charge is 2.25. The predicted octanol–water partition coefficient (Wildman–Crippen LogP) is 7.43. The molecule has 0 aliphatic rings. The fraction of sp³-hybridized carbons (Fsp3) is 0.455. The molecule has 124 valence electrons. The molecule has 0 spiro atoms. The van der Waals surface area contributed by atoms with Crippen LogP contribution in [0.1, 0.15) is 54.0 Å². The van der Waals surface area contributed by atoms with Crippen LogP contribution in [-0.4, -0.2) is 5.75 Å². The Hall–Kier alpha value is -1.21. The molecule has 0 bridgehead atoms. The maximum Gasteiger partial charge on any atom is 0.0154 e. The molecule has 0 heterocycles. The smallest absolute Gasteiger partial charge is 0.0154 e. The fourth-order valence-electron chi connectivity index (χ4n) is 2.90. The number of fused-ring (bicyclic) bond motifs is 1. The van der Waals surface area contributed by atoms with Crippen molar-refractivity contribution in [1.82, 2.24) is 0 Å². The minimum absolute atomic E-state index is 0.112. The molecule has 0 atom stereocenters. The monoisotopic (exact) mass is 326 g/mol. The van der Waals surface area contributed by atoms with Crippen LogP contribution in [0.5, 0.6) is 0 Å². The van der Waals surface area contributed by atoms with Gasteiger partial charge in [0.2, 0.25) is 0 Å². The van der Waals surface area contributed by atoms with Crippen molar-refractivity contribution in [2.24, 2.45) is 10.8 Å². The van der Waals surface area contributed by atoms with Crippen LogP contribution in [0.25, 0.3) is 16.3 Å². The first-order chi connectivity index (χ1) is 10.6. The molecule has 0 aliphatic heterocycles. The minimum atomic E-state index is 0.112. The van der Waals surface area contributed by atoms with Crippen LogP contribution in [-0.2, 0) is 0 Å². The van der Waals surface area contributed by atoms with E-state index in [0.717, 1.165) is 5.75 Å². The van der Waals surface area contributed by atoms with Gasteiger partial charge < -0.3 is 0 Å². The van der Waals surface area contributed by atoms with Gasteiger partial charge in [-0.15, -0.1) is 11.8 Å². The zero-order chi connectivity index (χ0) is 17.3. The molecule has 0 nitrogen and oxygen atoms in total. The van der Waals surface area contributed by atoms with Gasteiger partial charge in [-0.25, -0.2) is 0 Å². The topological polar surface area (TPSA) is 0 Å². The summed E-state index contributed by atoms with van der Waals surface area (Å²) in [7, 11) is 0. The Morgan fingerprint density at radius 1 is 0.957 bits per heavy atom. The van der Waals surface area contributed by atoms with Crippen molar-refractivity contribution >= 4 is 28.1 Å². The third-order valence-corrected chi connectivity index (χ3v) is 4.79. The second-order valence-electron chi connectivity index (χ2n) is 8.27. The summed E-state index contributed by atoms with van der Waals surface area (Å²) < 4.78 is 0. The molecule has 0 aromatic heterocycles. The Kier molecular flexibility index (Phi) is 5.30. The van der Waals surface area contributed by atoms with Crippen LogP contribution < -0.4 is 0 Å². The largest absolute Gasteiger partial charge is 0.126 e. The first-order valence-corrected chi connectivity index (χ1v) is 9.50. The number of rotatable bonds is 3. The van der Waals surface area contributed by atoms with Crippen molar-refractivity contribution in [3.8, 4) is 0 Å². The fourth-order valence-corrected chi connectivity index (χ4v) is 3.74. The lowest BCUT2D eigenvalue weighted by Gasteiger charge is -2.29. The van der Waals surface area contributed by atoms with Crippen molar-refractivity contribution in [3.63, 3.8) is 0 Å². The second-order valence-corrected chi connectivity index (χ2v) is 9.57. The van der Waals surface area contributed by atoms with E-state index in [-0.39, 0.29) is 10.8 Å². The van der Waals surface area contributed by atoms with E-state index >= 15 is 0 Å².